The van der Waals surface area contributed by atoms with Crippen LogP contribution in [0.2, 0.25) is 0 Å². The van der Waals surface area contributed by atoms with Gasteiger partial charge in [0.2, 0.25) is 5.95 Å². The standard InChI is InChI=1S/C20H17N5OS/c1-26-15-9-5-8-14(12-15)23-20-22-11-10-16(24-20)18-17(25-19(21)27-18)13-6-3-2-4-7-13/h2-12H,1H3,(H2,21,25)(H,22,23,24). The van der Waals surface area contributed by atoms with Gasteiger partial charge in [-0.15, -0.1) is 0 Å². The van der Waals surface area contributed by atoms with Crippen molar-refractivity contribution in [3.63, 3.8) is 0 Å². The minimum Gasteiger partial charge on any atom is -0.497 e. The number of thiazole rings is 1. The van der Waals surface area contributed by atoms with Crippen LogP contribution in [-0.4, -0.2) is 22.1 Å². The Morgan fingerprint density at radius 2 is 1.85 bits per heavy atom. The van der Waals surface area contributed by atoms with Gasteiger partial charge in [-0.3, -0.25) is 0 Å². The molecule has 0 spiro atoms. The van der Waals surface area contributed by atoms with E-state index in [1.165, 1.54) is 11.3 Å². The first-order chi connectivity index (χ1) is 13.2. The molecule has 7 heteroatoms. The van der Waals surface area contributed by atoms with E-state index in [0.29, 0.717) is 11.1 Å². The van der Waals surface area contributed by atoms with Gasteiger partial charge in [-0.2, -0.15) is 0 Å². The predicted molar refractivity (Wildman–Crippen MR) is 109 cm³/mol. The summed E-state index contributed by atoms with van der Waals surface area (Å²) in [6.45, 7) is 0. The third-order valence-corrected chi connectivity index (χ3v) is 4.81. The summed E-state index contributed by atoms with van der Waals surface area (Å²) in [5, 5.41) is 3.71. The summed E-state index contributed by atoms with van der Waals surface area (Å²) >= 11 is 1.41. The number of hydrogen-bond donors (Lipinski definition) is 2. The number of nitrogens with one attached hydrogen (secondary N) is 1. The highest BCUT2D eigenvalue weighted by atomic mass is 32.1. The summed E-state index contributed by atoms with van der Waals surface area (Å²) in [6.07, 6.45) is 1.72. The van der Waals surface area contributed by atoms with E-state index in [4.69, 9.17) is 10.5 Å². The monoisotopic (exact) mass is 375 g/mol. The van der Waals surface area contributed by atoms with Gasteiger partial charge in [0.25, 0.3) is 0 Å². The molecule has 0 amide bonds. The molecule has 6 nitrogen and oxygen atoms in total. The second-order valence-corrected chi connectivity index (χ2v) is 6.75. The van der Waals surface area contributed by atoms with Crippen molar-refractivity contribution in [1.82, 2.24) is 15.0 Å². The van der Waals surface area contributed by atoms with Gasteiger partial charge >= 0.3 is 0 Å². The second-order valence-electron chi connectivity index (χ2n) is 5.72. The molecule has 0 unspecified atom stereocenters. The summed E-state index contributed by atoms with van der Waals surface area (Å²) < 4.78 is 5.25. The number of nitrogens with two attached hydrogens (primary N) is 1. The molecule has 4 rings (SSSR count). The van der Waals surface area contributed by atoms with Gasteiger partial charge < -0.3 is 15.8 Å². The lowest BCUT2D eigenvalue weighted by atomic mass is 10.1. The summed E-state index contributed by atoms with van der Waals surface area (Å²) in [5.74, 6) is 1.25. The van der Waals surface area contributed by atoms with Crippen molar-refractivity contribution >= 4 is 28.1 Å². The van der Waals surface area contributed by atoms with E-state index >= 15 is 0 Å². The Labute approximate surface area is 160 Å². The fraction of sp³-hybridized carbons (Fsp3) is 0.0500. The van der Waals surface area contributed by atoms with Gasteiger partial charge in [-0.1, -0.05) is 47.7 Å². The van der Waals surface area contributed by atoms with Gasteiger partial charge in [0.1, 0.15) is 5.75 Å². The van der Waals surface area contributed by atoms with E-state index in [-0.39, 0.29) is 0 Å². The Bertz CT molecular complexity index is 1060. The molecule has 0 atom stereocenters. The maximum absolute atomic E-state index is 5.98. The van der Waals surface area contributed by atoms with Crippen molar-refractivity contribution in [2.75, 3.05) is 18.2 Å². The van der Waals surface area contributed by atoms with Gasteiger partial charge in [-0.25, -0.2) is 15.0 Å². The molecule has 0 aliphatic rings. The van der Waals surface area contributed by atoms with Crippen molar-refractivity contribution in [3.8, 4) is 27.6 Å². The Morgan fingerprint density at radius 3 is 2.67 bits per heavy atom. The van der Waals surface area contributed by atoms with Crippen LogP contribution in [-0.2, 0) is 0 Å². The number of anilines is 3. The van der Waals surface area contributed by atoms with Crippen LogP contribution in [0.25, 0.3) is 21.8 Å². The van der Waals surface area contributed by atoms with Gasteiger partial charge in [-0.05, 0) is 18.2 Å². The maximum atomic E-state index is 5.98. The molecule has 2 aromatic carbocycles. The lowest BCUT2D eigenvalue weighted by Crippen LogP contribution is -1.98. The molecular weight excluding hydrogens is 358 g/mol. The van der Waals surface area contributed by atoms with E-state index < -0.39 is 0 Å². The van der Waals surface area contributed by atoms with Crippen molar-refractivity contribution < 1.29 is 4.74 Å². The van der Waals surface area contributed by atoms with E-state index in [2.05, 4.69) is 20.3 Å². The zero-order chi connectivity index (χ0) is 18.6. The minimum atomic E-state index is 0.492. The zero-order valence-electron chi connectivity index (χ0n) is 14.6. The van der Waals surface area contributed by atoms with Crippen molar-refractivity contribution in [2.45, 2.75) is 0 Å². The van der Waals surface area contributed by atoms with Crippen molar-refractivity contribution in [3.05, 3.63) is 66.9 Å². The van der Waals surface area contributed by atoms with E-state index in [1.54, 1.807) is 13.3 Å². The number of methoxy groups -OCH3 is 1. The summed E-state index contributed by atoms with van der Waals surface area (Å²) in [6, 6.07) is 19.4. The first-order valence-corrected chi connectivity index (χ1v) is 9.11. The summed E-state index contributed by atoms with van der Waals surface area (Å²) in [7, 11) is 1.63. The molecule has 0 aliphatic carbocycles. The third kappa shape index (κ3) is 3.73. The largest absolute Gasteiger partial charge is 0.497 e. The summed E-state index contributed by atoms with van der Waals surface area (Å²) in [5.41, 5.74) is 9.42. The van der Waals surface area contributed by atoms with E-state index in [0.717, 1.165) is 33.3 Å². The molecule has 0 fully saturated rings. The Balaban J connectivity index is 1.69. The smallest absolute Gasteiger partial charge is 0.227 e. The number of hydrogen-bond acceptors (Lipinski definition) is 7. The molecule has 134 valence electrons. The highest BCUT2D eigenvalue weighted by molar-refractivity contribution is 7.19. The number of rotatable bonds is 5. The average Bonchev–Trinajstić information content (AvgIpc) is 3.11. The van der Waals surface area contributed by atoms with Crippen LogP contribution in [0.1, 0.15) is 0 Å². The number of nitrogen functional groups attached to an aromatic ring is 1. The van der Waals surface area contributed by atoms with Crippen LogP contribution in [0, 0.1) is 0 Å². The fourth-order valence-electron chi connectivity index (χ4n) is 2.68. The summed E-state index contributed by atoms with van der Waals surface area (Å²) in [4.78, 5) is 14.4. The normalized spacial score (nSPS) is 10.6. The lowest BCUT2D eigenvalue weighted by molar-refractivity contribution is 0.415. The Morgan fingerprint density at radius 1 is 1.00 bits per heavy atom. The van der Waals surface area contributed by atoms with Crippen LogP contribution in [0.5, 0.6) is 5.75 Å². The van der Waals surface area contributed by atoms with Gasteiger partial charge in [0, 0.05) is 23.5 Å². The molecule has 0 saturated carbocycles. The third-order valence-electron chi connectivity index (χ3n) is 3.91. The topological polar surface area (TPSA) is 86.0 Å². The quantitative estimate of drug-likeness (QED) is 0.530. The molecule has 0 aliphatic heterocycles. The average molecular weight is 375 g/mol. The molecular formula is C20H17N5OS. The number of nitrogens with zero attached hydrogens (tertiary/aromatic N) is 3. The maximum Gasteiger partial charge on any atom is 0.227 e. The molecule has 0 radical (unpaired) electrons. The van der Waals surface area contributed by atoms with E-state index in [9.17, 15) is 0 Å². The highest BCUT2D eigenvalue weighted by Crippen LogP contribution is 2.37. The first kappa shape index (κ1) is 17.0. The van der Waals surface area contributed by atoms with Gasteiger partial charge in [0.15, 0.2) is 5.13 Å². The molecule has 4 aromatic rings. The van der Waals surface area contributed by atoms with Crippen LogP contribution >= 0.6 is 11.3 Å². The van der Waals surface area contributed by atoms with E-state index in [1.807, 2.05) is 60.7 Å². The Kier molecular flexibility index (Phi) is 4.67. The number of aromatic nitrogens is 3. The highest BCUT2D eigenvalue weighted by Gasteiger charge is 2.15. The number of ether oxygens (including phenoxy) is 1. The molecule has 0 bridgehead atoms. The zero-order valence-corrected chi connectivity index (χ0v) is 15.4. The fourth-order valence-corrected chi connectivity index (χ4v) is 3.50. The van der Waals surface area contributed by atoms with Gasteiger partial charge in [0.05, 0.1) is 23.4 Å². The minimum absolute atomic E-state index is 0.492. The molecule has 27 heavy (non-hydrogen) atoms. The van der Waals surface area contributed by atoms with Crippen LogP contribution in [0.4, 0.5) is 16.8 Å². The lowest BCUT2D eigenvalue weighted by Gasteiger charge is -2.08. The van der Waals surface area contributed by atoms with Crippen LogP contribution in [0.3, 0.4) is 0 Å². The molecule has 2 aromatic heterocycles. The van der Waals surface area contributed by atoms with Crippen molar-refractivity contribution in [1.29, 1.82) is 0 Å². The van der Waals surface area contributed by atoms with Crippen molar-refractivity contribution in [2.24, 2.45) is 0 Å². The van der Waals surface area contributed by atoms with Crippen LogP contribution in [0.15, 0.2) is 66.9 Å². The second kappa shape index (κ2) is 7.43. The molecule has 3 N–H and O–H groups in total. The Hall–Kier alpha value is -3.45. The molecule has 2 heterocycles. The SMILES string of the molecule is COc1cccc(Nc2nccc(-c3sc(N)nc3-c3ccccc3)n2)c1. The number of benzene rings is 2. The predicted octanol–water partition coefficient (Wildman–Crippen LogP) is 4.60. The first-order valence-electron chi connectivity index (χ1n) is 8.29. The molecule has 0 saturated heterocycles. The van der Waals surface area contributed by atoms with Crippen LogP contribution < -0.4 is 15.8 Å².